The lowest BCUT2D eigenvalue weighted by Crippen LogP contribution is -1.92. The first kappa shape index (κ1) is 9.93. The zero-order valence-electron chi connectivity index (χ0n) is 7.74. The van der Waals surface area contributed by atoms with Crippen LogP contribution in [-0.4, -0.2) is 4.98 Å². The van der Waals surface area contributed by atoms with Crippen molar-refractivity contribution in [1.29, 1.82) is 0 Å². The SMILES string of the molecule is Nc1cccc(-c2ccc(F)cc2Cl)n1. The summed E-state index contributed by atoms with van der Waals surface area (Å²) in [6.45, 7) is 0. The van der Waals surface area contributed by atoms with Crippen LogP contribution in [-0.2, 0) is 0 Å². The van der Waals surface area contributed by atoms with Crippen molar-refractivity contribution in [1.82, 2.24) is 4.98 Å². The first-order chi connectivity index (χ1) is 7.16. The molecule has 2 rings (SSSR count). The van der Waals surface area contributed by atoms with E-state index in [1.165, 1.54) is 12.1 Å². The van der Waals surface area contributed by atoms with Crippen molar-refractivity contribution < 1.29 is 4.39 Å². The number of nitrogens with zero attached hydrogens (tertiary/aromatic N) is 1. The highest BCUT2D eigenvalue weighted by molar-refractivity contribution is 6.33. The molecule has 0 spiro atoms. The molecule has 0 radical (unpaired) electrons. The number of nitrogens with two attached hydrogens (primary N) is 1. The molecule has 0 atom stereocenters. The number of halogens is 2. The molecule has 15 heavy (non-hydrogen) atoms. The third-order valence-corrected chi connectivity index (χ3v) is 2.29. The fourth-order valence-corrected chi connectivity index (χ4v) is 1.56. The summed E-state index contributed by atoms with van der Waals surface area (Å²) in [7, 11) is 0. The second kappa shape index (κ2) is 3.87. The normalized spacial score (nSPS) is 10.3. The average Bonchev–Trinajstić information content (AvgIpc) is 2.17. The summed E-state index contributed by atoms with van der Waals surface area (Å²) in [5, 5.41) is 0.327. The topological polar surface area (TPSA) is 38.9 Å². The molecule has 2 nitrogen and oxygen atoms in total. The zero-order valence-corrected chi connectivity index (χ0v) is 8.50. The Morgan fingerprint density at radius 1 is 1.20 bits per heavy atom. The van der Waals surface area contributed by atoms with E-state index in [0.29, 0.717) is 22.1 Å². The fourth-order valence-electron chi connectivity index (χ4n) is 1.30. The third kappa shape index (κ3) is 2.07. The van der Waals surface area contributed by atoms with Crippen LogP contribution in [0.15, 0.2) is 36.4 Å². The van der Waals surface area contributed by atoms with E-state index in [2.05, 4.69) is 4.98 Å². The van der Waals surface area contributed by atoms with Gasteiger partial charge in [-0.25, -0.2) is 9.37 Å². The van der Waals surface area contributed by atoms with Crippen LogP contribution in [0.1, 0.15) is 0 Å². The smallest absolute Gasteiger partial charge is 0.124 e. The fraction of sp³-hybridized carbons (Fsp3) is 0. The highest BCUT2D eigenvalue weighted by Crippen LogP contribution is 2.27. The second-order valence-electron chi connectivity index (χ2n) is 3.07. The molecule has 1 aromatic carbocycles. The van der Waals surface area contributed by atoms with Gasteiger partial charge in [0.25, 0.3) is 0 Å². The quantitative estimate of drug-likeness (QED) is 0.805. The number of pyridine rings is 1. The Labute approximate surface area is 91.5 Å². The minimum atomic E-state index is -0.368. The Bertz CT molecular complexity index is 500. The lowest BCUT2D eigenvalue weighted by atomic mass is 10.1. The van der Waals surface area contributed by atoms with Gasteiger partial charge < -0.3 is 5.73 Å². The van der Waals surface area contributed by atoms with Gasteiger partial charge in [0.1, 0.15) is 11.6 Å². The molecule has 0 aliphatic carbocycles. The van der Waals surface area contributed by atoms with Crippen molar-refractivity contribution in [3.63, 3.8) is 0 Å². The van der Waals surface area contributed by atoms with Gasteiger partial charge in [-0.3, -0.25) is 0 Å². The van der Waals surface area contributed by atoms with E-state index >= 15 is 0 Å². The van der Waals surface area contributed by atoms with E-state index in [9.17, 15) is 4.39 Å². The summed E-state index contributed by atoms with van der Waals surface area (Å²) in [5.74, 6) is 0.0422. The number of rotatable bonds is 1. The van der Waals surface area contributed by atoms with Crippen molar-refractivity contribution in [2.75, 3.05) is 5.73 Å². The number of aromatic nitrogens is 1. The van der Waals surface area contributed by atoms with Gasteiger partial charge in [-0.15, -0.1) is 0 Å². The molecule has 4 heteroatoms. The largest absolute Gasteiger partial charge is 0.384 e. The number of benzene rings is 1. The maximum Gasteiger partial charge on any atom is 0.124 e. The predicted octanol–water partition coefficient (Wildman–Crippen LogP) is 3.12. The second-order valence-corrected chi connectivity index (χ2v) is 3.48. The molecular formula is C11H8ClFN2. The summed E-state index contributed by atoms with van der Waals surface area (Å²) < 4.78 is 12.8. The molecule has 0 fully saturated rings. The van der Waals surface area contributed by atoms with Gasteiger partial charge >= 0.3 is 0 Å². The van der Waals surface area contributed by atoms with Crippen molar-refractivity contribution >= 4 is 17.4 Å². The number of hydrogen-bond acceptors (Lipinski definition) is 2. The molecule has 1 heterocycles. The van der Waals surface area contributed by atoms with Gasteiger partial charge in [-0.1, -0.05) is 17.7 Å². The lowest BCUT2D eigenvalue weighted by Gasteiger charge is -2.04. The molecule has 0 aliphatic heterocycles. The van der Waals surface area contributed by atoms with Crippen LogP contribution in [0.5, 0.6) is 0 Å². The number of hydrogen-bond donors (Lipinski definition) is 1. The highest BCUT2D eigenvalue weighted by atomic mass is 35.5. The Morgan fingerprint density at radius 3 is 2.67 bits per heavy atom. The molecule has 0 saturated carbocycles. The predicted molar refractivity (Wildman–Crippen MR) is 59.1 cm³/mol. The molecule has 0 aliphatic rings. The average molecular weight is 223 g/mol. The summed E-state index contributed by atoms with van der Waals surface area (Å²) in [5.41, 5.74) is 6.86. The van der Waals surface area contributed by atoms with Gasteiger partial charge in [0.05, 0.1) is 10.7 Å². The van der Waals surface area contributed by atoms with E-state index in [1.807, 2.05) is 0 Å². The van der Waals surface area contributed by atoms with Crippen LogP contribution in [0.4, 0.5) is 10.2 Å². The van der Waals surface area contributed by atoms with Gasteiger partial charge in [-0.2, -0.15) is 0 Å². The number of nitrogen functional groups attached to an aromatic ring is 1. The van der Waals surface area contributed by atoms with E-state index in [-0.39, 0.29) is 5.82 Å². The minimum Gasteiger partial charge on any atom is -0.384 e. The molecule has 76 valence electrons. The Kier molecular flexibility index (Phi) is 2.56. The lowest BCUT2D eigenvalue weighted by molar-refractivity contribution is 0.628. The first-order valence-electron chi connectivity index (χ1n) is 4.35. The van der Waals surface area contributed by atoms with Crippen molar-refractivity contribution in [2.24, 2.45) is 0 Å². The number of anilines is 1. The maximum atomic E-state index is 12.8. The highest BCUT2D eigenvalue weighted by Gasteiger charge is 2.05. The van der Waals surface area contributed by atoms with Crippen LogP contribution in [0.3, 0.4) is 0 Å². The van der Waals surface area contributed by atoms with Crippen molar-refractivity contribution in [3.05, 3.63) is 47.2 Å². The van der Waals surface area contributed by atoms with E-state index in [1.54, 1.807) is 24.3 Å². The van der Waals surface area contributed by atoms with Crippen LogP contribution in [0.25, 0.3) is 11.3 Å². The van der Waals surface area contributed by atoms with Gasteiger partial charge in [0.15, 0.2) is 0 Å². The van der Waals surface area contributed by atoms with Crippen LogP contribution >= 0.6 is 11.6 Å². The molecule has 2 N–H and O–H groups in total. The molecular weight excluding hydrogens is 215 g/mol. The molecule has 0 saturated heterocycles. The summed E-state index contributed by atoms with van der Waals surface area (Å²) >= 11 is 5.90. The van der Waals surface area contributed by atoms with E-state index in [0.717, 1.165) is 0 Å². The molecule has 0 unspecified atom stereocenters. The molecule has 2 aromatic rings. The zero-order chi connectivity index (χ0) is 10.8. The summed E-state index contributed by atoms with van der Waals surface area (Å²) in [6, 6.07) is 9.40. The summed E-state index contributed by atoms with van der Waals surface area (Å²) in [4.78, 5) is 4.10. The monoisotopic (exact) mass is 222 g/mol. The van der Waals surface area contributed by atoms with Gasteiger partial charge in [-0.05, 0) is 30.3 Å². The van der Waals surface area contributed by atoms with Gasteiger partial charge in [0, 0.05) is 5.56 Å². The first-order valence-corrected chi connectivity index (χ1v) is 4.72. The van der Waals surface area contributed by atoms with Crippen molar-refractivity contribution in [2.45, 2.75) is 0 Å². The summed E-state index contributed by atoms with van der Waals surface area (Å²) in [6.07, 6.45) is 0. The molecule has 1 aromatic heterocycles. The Hall–Kier alpha value is -1.61. The van der Waals surface area contributed by atoms with Crippen LogP contribution < -0.4 is 5.73 Å². The van der Waals surface area contributed by atoms with E-state index < -0.39 is 0 Å². The van der Waals surface area contributed by atoms with Crippen molar-refractivity contribution in [3.8, 4) is 11.3 Å². The Balaban J connectivity index is 2.54. The van der Waals surface area contributed by atoms with Gasteiger partial charge in [0.2, 0.25) is 0 Å². The molecule has 0 bridgehead atoms. The molecule has 0 amide bonds. The van der Waals surface area contributed by atoms with E-state index in [4.69, 9.17) is 17.3 Å². The van der Waals surface area contributed by atoms with Crippen LogP contribution in [0.2, 0.25) is 5.02 Å². The third-order valence-electron chi connectivity index (χ3n) is 1.98. The van der Waals surface area contributed by atoms with Crippen LogP contribution in [0, 0.1) is 5.82 Å². The Morgan fingerprint density at radius 2 is 2.00 bits per heavy atom. The minimum absolute atomic E-state index is 0.327. The standard InChI is InChI=1S/C11H8ClFN2/c12-9-6-7(13)4-5-8(9)10-2-1-3-11(14)15-10/h1-6H,(H2,14,15). The maximum absolute atomic E-state index is 12.8.